The predicted molar refractivity (Wildman–Crippen MR) is 62.9 cm³/mol. The Hall–Kier alpha value is 0.440. The van der Waals surface area contributed by atoms with Crippen LogP contribution in [0.3, 0.4) is 0 Å². The van der Waals surface area contributed by atoms with E-state index in [0.29, 0.717) is 6.10 Å². The second-order valence-corrected chi connectivity index (χ2v) is 5.74. The van der Waals surface area contributed by atoms with Gasteiger partial charge >= 0.3 is 0 Å². The molecular weight excluding hydrogens is 240 g/mol. The molecule has 0 aromatic rings. The lowest BCUT2D eigenvalue weighted by molar-refractivity contribution is -0.0722. The molecule has 0 saturated heterocycles. The molecule has 2 aliphatic carbocycles. The van der Waals surface area contributed by atoms with E-state index in [-0.39, 0.29) is 5.60 Å². The van der Waals surface area contributed by atoms with Crippen LogP contribution in [0, 0.1) is 5.92 Å². The van der Waals surface area contributed by atoms with Gasteiger partial charge < -0.3 is 4.74 Å². The summed E-state index contributed by atoms with van der Waals surface area (Å²) in [4.78, 5) is 0. The van der Waals surface area contributed by atoms with Gasteiger partial charge in [0.25, 0.3) is 0 Å². The number of ether oxygens (including phenoxy) is 1. The van der Waals surface area contributed by atoms with Crippen LogP contribution in [0.5, 0.6) is 0 Å². The van der Waals surface area contributed by atoms with E-state index in [0.717, 1.165) is 11.2 Å². The molecule has 2 aliphatic rings. The average molecular weight is 261 g/mol. The van der Waals surface area contributed by atoms with E-state index < -0.39 is 0 Å². The topological polar surface area (TPSA) is 9.23 Å². The molecule has 0 aliphatic heterocycles. The summed E-state index contributed by atoms with van der Waals surface area (Å²) in [6.07, 6.45) is 9.74. The van der Waals surface area contributed by atoms with E-state index in [9.17, 15) is 0 Å². The maximum Gasteiger partial charge on any atom is 0.0782 e. The van der Waals surface area contributed by atoms with Crippen LogP contribution in [0.25, 0.3) is 0 Å². The van der Waals surface area contributed by atoms with E-state index in [4.69, 9.17) is 4.74 Å². The summed E-state index contributed by atoms with van der Waals surface area (Å²) in [6, 6.07) is 0. The van der Waals surface area contributed by atoms with Crippen LogP contribution in [-0.4, -0.2) is 17.0 Å². The first-order valence-corrected chi connectivity index (χ1v) is 7.10. The minimum absolute atomic E-state index is 0.203. The van der Waals surface area contributed by atoms with Crippen LogP contribution >= 0.6 is 15.9 Å². The Bertz CT molecular complexity index is 187. The van der Waals surface area contributed by atoms with Gasteiger partial charge in [-0.15, -0.1) is 0 Å². The number of rotatable bonds is 3. The van der Waals surface area contributed by atoms with Gasteiger partial charge in [0.2, 0.25) is 0 Å². The lowest BCUT2D eigenvalue weighted by atomic mass is 10.0. The van der Waals surface area contributed by atoms with Gasteiger partial charge in [0.15, 0.2) is 0 Å². The minimum Gasteiger partial charge on any atom is -0.371 e. The molecule has 2 atom stereocenters. The first-order chi connectivity index (χ1) is 6.74. The van der Waals surface area contributed by atoms with Crippen molar-refractivity contribution in [3.8, 4) is 0 Å². The van der Waals surface area contributed by atoms with E-state index in [1.54, 1.807) is 0 Å². The molecule has 0 radical (unpaired) electrons. The van der Waals surface area contributed by atoms with Crippen molar-refractivity contribution in [3.63, 3.8) is 0 Å². The molecule has 2 rings (SSSR count). The quantitative estimate of drug-likeness (QED) is 0.700. The minimum atomic E-state index is 0.203. The van der Waals surface area contributed by atoms with Crippen LogP contribution in [0.15, 0.2) is 0 Å². The van der Waals surface area contributed by atoms with Gasteiger partial charge in [-0.2, -0.15) is 0 Å². The molecule has 2 unspecified atom stereocenters. The van der Waals surface area contributed by atoms with Crippen molar-refractivity contribution >= 4 is 15.9 Å². The zero-order valence-corrected chi connectivity index (χ0v) is 10.7. The Morgan fingerprint density at radius 2 is 2.00 bits per heavy atom. The van der Waals surface area contributed by atoms with Gasteiger partial charge in [0.05, 0.1) is 11.7 Å². The summed E-state index contributed by atoms with van der Waals surface area (Å²) in [6.45, 7) is 2.35. The summed E-state index contributed by atoms with van der Waals surface area (Å²) in [5.74, 6) is 0.883. The Balaban J connectivity index is 1.88. The molecule has 2 fully saturated rings. The van der Waals surface area contributed by atoms with Crippen LogP contribution in [-0.2, 0) is 4.74 Å². The number of hydrogen-bond donors (Lipinski definition) is 0. The molecule has 14 heavy (non-hydrogen) atoms. The van der Waals surface area contributed by atoms with E-state index in [1.165, 1.54) is 44.9 Å². The van der Waals surface area contributed by atoms with Crippen LogP contribution < -0.4 is 0 Å². The fourth-order valence-corrected chi connectivity index (χ4v) is 3.61. The molecule has 0 heterocycles. The van der Waals surface area contributed by atoms with Gasteiger partial charge in [0, 0.05) is 5.33 Å². The highest BCUT2D eigenvalue weighted by atomic mass is 79.9. The predicted octanol–water partition coefficient (Wildman–Crippen LogP) is 3.90. The lowest BCUT2D eigenvalue weighted by Gasteiger charge is -2.30. The summed E-state index contributed by atoms with van der Waals surface area (Å²) < 4.78 is 6.33. The first kappa shape index (κ1) is 10.9. The molecule has 0 aromatic carbocycles. The second kappa shape index (κ2) is 4.52. The number of hydrogen-bond acceptors (Lipinski definition) is 1. The fraction of sp³-hybridized carbons (Fsp3) is 1.00. The molecule has 0 spiro atoms. The van der Waals surface area contributed by atoms with Crippen molar-refractivity contribution < 1.29 is 4.74 Å². The Morgan fingerprint density at radius 3 is 2.50 bits per heavy atom. The summed E-state index contributed by atoms with van der Waals surface area (Å²) >= 11 is 3.63. The van der Waals surface area contributed by atoms with Crippen molar-refractivity contribution in [1.29, 1.82) is 0 Å². The van der Waals surface area contributed by atoms with Crippen molar-refractivity contribution in [2.45, 2.75) is 63.6 Å². The molecule has 0 bridgehead atoms. The van der Waals surface area contributed by atoms with Crippen LogP contribution in [0.4, 0.5) is 0 Å². The molecule has 2 heteroatoms. The Labute approximate surface area is 95.7 Å². The standard InChI is InChI=1S/C12H21BrO/c1-10-4-5-11(8-10)14-12(9-13)6-2-3-7-12/h10-11H,2-9H2,1H3. The van der Waals surface area contributed by atoms with Crippen molar-refractivity contribution in [3.05, 3.63) is 0 Å². The van der Waals surface area contributed by atoms with Gasteiger partial charge in [-0.1, -0.05) is 35.7 Å². The fourth-order valence-electron chi connectivity index (χ4n) is 2.92. The molecule has 82 valence electrons. The van der Waals surface area contributed by atoms with Crippen LogP contribution in [0.1, 0.15) is 51.9 Å². The highest BCUT2D eigenvalue weighted by molar-refractivity contribution is 9.09. The molecule has 2 saturated carbocycles. The monoisotopic (exact) mass is 260 g/mol. The average Bonchev–Trinajstić information content (AvgIpc) is 2.77. The number of alkyl halides is 1. The SMILES string of the molecule is CC1CCC(OC2(CBr)CCCC2)C1. The summed E-state index contributed by atoms with van der Waals surface area (Å²) in [5, 5.41) is 1.03. The summed E-state index contributed by atoms with van der Waals surface area (Å²) in [7, 11) is 0. The number of halogens is 1. The third-order valence-corrected chi connectivity index (χ3v) is 4.84. The van der Waals surface area contributed by atoms with E-state index in [1.807, 2.05) is 0 Å². The maximum absolute atomic E-state index is 6.33. The largest absolute Gasteiger partial charge is 0.371 e. The first-order valence-electron chi connectivity index (χ1n) is 5.98. The van der Waals surface area contributed by atoms with Gasteiger partial charge in [-0.3, -0.25) is 0 Å². The normalized spacial score (nSPS) is 36.4. The third kappa shape index (κ3) is 2.33. The maximum atomic E-state index is 6.33. The van der Waals surface area contributed by atoms with Crippen molar-refractivity contribution in [2.75, 3.05) is 5.33 Å². The second-order valence-electron chi connectivity index (χ2n) is 5.18. The zero-order valence-electron chi connectivity index (χ0n) is 9.10. The smallest absolute Gasteiger partial charge is 0.0782 e. The Morgan fingerprint density at radius 1 is 1.29 bits per heavy atom. The highest BCUT2D eigenvalue weighted by Gasteiger charge is 2.37. The van der Waals surface area contributed by atoms with E-state index in [2.05, 4.69) is 22.9 Å². The van der Waals surface area contributed by atoms with Crippen molar-refractivity contribution in [1.82, 2.24) is 0 Å². The van der Waals surface area contributed by atoms with E-state index >= 15 is 0 Å². The van der Waals surface area contributed by atoms with Crippen molar-refractivity contribution in [2.24, 2.45) is 5.92 Å². The summed E-state index contributed by atoms with van der Waals surface area (Å²) in [5.41, 5.74) is 0.203. The van der Waals surface area contributed by atoms with Gasteiger partial charge in [-0.05, 0) is 38.0 Å². The Kier molecular flexibility index (Phi) is 3.54. The van der Waals surface area contributed by atoms with Gasteiger partial charge in [0.1, 0.15) is 0 Å². The molecule has 0 amide bonds. The molecule has 1 nitrogen and oxygen atoms in total. The molecule has 0 N–H and O–H groups in total. The zero-order chi connectivity index (χ0) is 10.0. The van der Waals surface area contributed by atoms with Gasteiger partial charge in [-0.25, -0.2) is 0 Å². The molecule has 0 aromatic heterocycles. The highest BCUT2D eigenvalue weighted by Crippen LogP contribution is 2.39. The lowest BCUT2D eigenvalue weighted by Crippen LogP contribution is -2.34. The third-order valence-electron chi connectivity index (χ3n) is 3.82. The van der Waals surface area contributed by atoms with Crippen LogP contribution in [0.2, 0.25) is 0 Å². The molecular formula is C12H21BrO.